The Kier molecular flexibility index (Phi) is 7.34. The van der Waals surface area contributed by atoms with Crippen molar-refractivity contribution in [1.82, 2.24) is 9.97 Å². The molecule has 3 aromatic rings. The van der Waals surface area contributed by atoms with Crippen molar-refractivity contribution in [1.29, 1.82) is 0 Å². The molecule has 1 aliphatic rings. The van der Waals surface area contributed by atoms with Crippen LogP contribution in [-0.4, -0.2) is 22.7 Å². The zero-order valence-electron chi connectivity index (χ0n) is 18.8. The van der Waals surface area contributed by atoms with E-state index >= 15 is 0 Å². The summed E-state index contributed by atoms with van der Waals surface area (Å²) in [5, 5.41) is 4.91. The van der Waals surface area contributed by atoms with Gasteiger partial charge in [-0.1, -0.05) is 61.3 Å². The first-order chi connectivity index (χ1) is 15.5. The van der Waals surface area contributed by atoms with Gasteiger partial charge < -0.3 is 10.1 Å². The van der Waals surface area contributed by atoms with Crippen LogP contribution in [0.2, 0.25) is 10.0 Å². The summed E-state index contributed by atoms with van der Waals surface area (Å²) < 4.78 is 6.13. The normalized spacial score (nSPS) is 17.8. The molecule has 6 heteroatoms. The fourth-order valence-electron chi connectivity index (χ4n) is 4.45. The first kappa shape index (κ1) is 23.0. The van der Waals surface area contributed by atoms with E-state index in [0.717, 1.165) is 54.1 Å². The van der Waals surface area contributed by atoms with Gasteiger partial charge in [-0.15, -0.1) is 0 Å². The fourth-order valence-corrected chi connectivity index (χ4v) is 4.95. The molecule has 0 amide bonds. The molecule has 0 spiro atoms. The standard InChI is InChI=1S/C26H29Cl2N3O/c1-4-21-24(19-13-12-17(27)15-20(19)28)29-22(5-2)26(30-21)31-25-18-10-8-7-9-16(18)11-14-23(25)32-6-3/h7-10,12-13,15,23,25H,4-6,11,14H2,1-3H3,(H,30,31)/t23-,25-/m1/s1. The Morgan fingerprint density at radius 2 is 1.78 bits per heavy atom. The summed E-state index contributed by atoms with van der Waals surface area (Å²) >= 11 is 12.6. The summed E-state index contributed by atoms with van der Waals surface area (Å²) in [5.74, 6) is 0.824. The second-order valence-electron chi connectivity index (χ2n) is 8.00. The molecule has 1 heterocycles. The molecule has 32 heavy (non-hydrogen) atoms. The van der Waals surface area contributed by atoms with E-state index in [1.165, 1.54) is 11.1 Å². The van der Waals surface area contributed by atoms with Gasteiger partial charge in [0.05, 0.1) is 34.3 Å². The molecule has 4 nitrogen and oxygen atoms in total. The van der Waals surface area contributed by atoms with Crippen LogP contribution < -0.4 is 5.32 Å². The van der Waals surface area contributed by atoms with E-state index < -0.39 is 0 Å². The number of ether oxygens (including phenoxy) is 1. The molecule has 168 valence electrons. The lowest BCUT2D eigenvalue weighted by atomic mass is 9.85. The van der Waals surface area contributed by atoms with Crippen LogP contribution >= 0.6 is 23.2 Å². The van der Waals surface area contributed by atoms with Crippen LogP contribution in [0.5, 0.6) is 0 Å². The lowest BCUT2D eigenvalue weighted by Crippen LogP contribution is -2.34. The van der Waals surface area contributed by atoms with Crippen molar-refractivity contribution in [2.24, 2.45) is 0 Å². The van der Waals surface area contributed by atoms with Crippen LogP contribution in [-0.2, 0) is 24.0 Å². The highest BCUT2D eigenvalue weighted by molar-refractivity contribution is 6.36. The molecule has 0 saturated heterocycles. The third kappa shape index (κ3) is 4.63. The number of aromatic nitrogens is 2. The predicted molar refractivity (Wildman–Crippen MR) is 133 cm³/mol. The molecule has 4 rings (SSSR count). The number of benzene rings is 2. The van der Waals surface area contributed by atoms with E-state index in [1.807, 2.05) is 12.1 Å². The molecule has 2 aromatic carbocycles. The minimum absolute atomic E-state index is 0.0363. The molecule has 0 saturated carbocycles. The van der Waals surface area contributed by atoms with Gasteiger partial charge in [-0.05, 0) is 61.9 Å². The van der Waals surface area contributed by atoms with Crippen molar-refractivity contribution in [3.8, 4) is 11.3 Å². The van der Waals surface area contributed by atoms with Crippen LogP contribution in [0.15, 0.2) is 42.5 Å². The summed E-state index contributed by atoms with van der Waals surface area (Å²) in [7, 11) is 0. The lowest BCUT2D eigenvalue weighted by molar-refractivity contribution is 0.0383. The van der Waals surface area contributed by atoms with Gasteiger partial charge in [0.25, 0.3) is 0 Å². The Balaban J connectivity index is 1.77. The van der Waals surface area contributed by atoms with Gasteiger partial charge in [-0.3, -0.25) is 0 Å². The summed E-state index contributed by atoms with van der Waals surface area (Å²) in [6.07, 6.45) is 3.61. The predicted octanol–water partition coefficient (Wildman–Crippen LogP) is 7.08. The monoisotopic (exact) mass is 469 g/mol. The summed E-state index contributed by atoms with van der Waals surface area (Å²) in [6, 6.07) is 14.2. The minimum Gasteiger partial charge on any atom is -0.376 e. The van der Waals surface area contributed by atoms with Crippen LogP contribution in [0.4, 0.5) is 5.82 Å². The maximum Gasteiger partial charge on any atom is 0.148 e. The van der Waals surface area contributed by atoms with Crippen molar-refractivity contribution in [2.75, 3.05) is 11.9 Å². The molecule has 0 radical (unpaired) electrons. The number of nitrogens with one attached hydrogen (secondary N) is 1. The van der Waals surface area contributed by atoms with Gasteiger partial charge in [0.2, 0.25) is 0 Å². The number of fused-ring (bicyclic) bond motifs is 1. The number of halogens is 2. The van der Waals surface area contributed by atoms with E-state index in [1.54, 1.807) is 6.07 Å². The zero-order valence-corrected chi connectivity index (χ0v) is 20.3. The maximum absolute atomic E-state index is 6.51. The van der Waals surface area contributed by atoms with Crippen LogP contribution in [0, 0.1) is 0 Å². The van der Waals surface area contributed by atoms with Crippen LogP contribution in [0.3, 0.4) is 0 Å². The van der Waals surface area contributed by atoms with E-state index in [2.05, 4.69) is 50.4 Å². The second kappa shape index (κ2) is 10.2. The Labute approximate surface area is 200 Å². The number of rotatable bonds is 7. The Morgan fingerprint density at radius 1 is 1.00 bits per heavy atom. The highest BCUT2D eigenvalue weighted by atomic mass is 35.5. The van der Waals surface area contributed by atoms with Crippen molar-refractivity contribution >= 4 is 29.0 Å². The number of anilines is 1. The lowest BCUT2D eigenvalue weighted by Gasteiger charge is -2.34. The third-order valence-electron chi connectivity index (χ3n) is 6.03. The third-order valence-corrected chi connectivity index (χ3v) is 6.58. The summed E-state index contributed by atoms with van der Waals surface area (Å²) in [6.45, 7) is 6.93. The number of nitrogens with zero attached hydrogens (tertiary/aromatic N) is 2. The molecule has 1 N–H and O–H groups in total. The number of hydrogen-bond donors (Lipinski definition) is 1. The topological polar surface area (TPSA) is 47.0 Å². The molecular formula is C26H29Cl2N3O. The zero-order chi connectivity index (χ0) is 22.7. The van der Waals surface area contributed by atoms with Gasteiger partial charge in [0.1, 0.15) is 5.82 Å². The second-order valence-corrected chi connectivity index (χ2v) is 8.84. The smallest absolute Gasteiger partial charge is 0.148 e. The Bertz CT molecular complexity index is 1100. The van der Waals surface area contributed by atoms with Crippen molar-refractivity contribution in [2.45, 2.75) is 58.6 Å². The molecule has 1 aromatic heterocycles. The average molecular weight is 470 g/mol. The Hall–Kier alpha value is -2.14. The molecule has 0 aliphatic heterocycles. The quantitative estimate of drug-likeness (QED) is 0.401. The number of aryl methyl sites for hydroxylation is 3. The average Bonchev–Trinajstić information content (AvgIpc) is 2.80. The van der Waals surface area contributed by atoms with Crippen molar-refractivity contribution in [3.05, 3.63) is 75.0 Å². The highest BCUT2D eigenvalue weighted by Gasteiger charge is 2.31. The van der Waals surface area contributed by atoms with Gasteiger partial charge in [0, 0.05) is 17.2 Å². The summed E-state index contributed by atoms with van der Waals surface area (Å²) in [5.41, 5.74) is 6.16. The molecule has 0 unspecified atom stereocenters. The number of hydrogen-bond acceptors (Lipinski definition) is 4. The molecule has 2 atom stereocenters. The van der Waals surface area contributed by atoms with E-state index in [4.69, 9.17) is 37.9 Å². The van der Waals surface area contributed by atoms with E-state index in [0.29, 0.717) is 16.7 Å². The highest BCUT2D eigenvalue weighted by Crippen LogP contribution is 2.37. The van der Waals surface area contributed by atoms with E-state index in [-0.39, 0.29) is 12.1 Å². The van der Waals surface area contributed by atoms with Crippen molar-refractivity contribution in [3.63, 3.8) is 0 Å². The molecule has 0 bridgehead atoms. The fraction of sp³-hybridized carbons (Fsp3) is 0.385. The Morgan fingerprint density at radius 3 is 2.50 bits per heavy atom. The SMILES string of the molecule is CCO[C@@H]1CCc2ccccc2[C@H]1Nc1nc(CC)c(-c2ccc(Cl)cc2Cl)nc1CC. The maximum atomic E-state index is 6.51. The van der Waals surface area contributed by atoms with Gasteiger partial charge in [0.15, 0.2) is 0 Å². The largest absolute Gasteiger partial charge is 0.376 e. The summed E-state index contributed by atoms with van der Waals surface area (Å²) in [4.78, 5) is 10.1. The minimum atomic E-state index is 0.0363. The van der Waals surface area contributed by atoms with Crippen LogP contribution in [0.25, 0.3) is 11.3 Å². The molecule has 1 aliphatic carbocycles. The van der Waals surface area contributed by atoms with Gasteiger partial charge in [-0.2, -0.15) is 0 Å². The first-order valence-corrected chi connectivity index (χ1v) is 12.1. The molecular weight excluding hydrogens is 441 g/mol. The van der Waals surface area contributed by atoms with Gasteiger partial charge >= 0.3 is 0 Å². The molecule has 0 fully saturated rings. The van der Waals surface area contributed by atoms with Crippen LogP contribution in [0.1, 0.15) is 55.7 Å². The first-order valence-electron chi connectivity index (χ1n) is 11.4. The van der Waals surface area contributed by atoms with Gasteiger partial charge in [-0.25, -0.2) is 9.97 Å². The van der Waals surface area contributed by atoms with E-state index in [9.17, 15) is 0 Å². The van der Waals surface area contributed by atoms with Crippen molar-refractivity contribution < 1.29 is 4.74 Å².